The normalized spacial score (nSPS) is 10.0. The van der Waals surface area contributed by atoms with Crippen LogP contribution >= 0.6 is 0 Å². The Bertz CT molecular complexity index is 480. The van der Waals surface area contributed by atoms with Crippen LogP contribution in [0.3, 0.4) is 0 Å². The number of hydrogen-bond donors (Lipinski definition) is 2. The molecule has 0 spiro atoms. The van der Waals surface area contributed by atoms with Crippen molar-refractivity contribution in [1.82, 2.24) is 10.5 Å². The van der Waals surface area contributed by atoms with Gasteiger partial charge in [0.25, 0.3) is 5.91 Å². The molecule has 0 aliphatic heterocycles. The van der Waals surface area contributed by atoms with Crippen molar-refractivity contribution in [2.45, 2.75) is 6.54 Å². The Balaban J connectivity index is 1.98. The molecule has 1 aromatic carbocycles. The zero-order valence-corrected chi connectivity index (χ0v) is 8.38. The lowest BCUT2D eigenvalue weighted by Gasteiger charge is -2.04. The second kappa shape index (κ2) is 4.48. The smallest absolute Gasteiger partial charge is 0.273 e. The molecule has 5 heteroatoms. The SMILES string of the molecule is O=C(NCc1ccccc1O)c1ccon1. The van der Waals surface area contributed by atoms with E-state index in [0.29, 0.717) is 5.56 Å². The van der Waals surface area contributed by atoms with E-state index < -0.39 is 0 Å². The van der Waals surface area contributed by atoms with Gasteiger partial charge in [-0.2, -0.15) is 0 Å². The van der Waals surface area contributed by atoms with Gasteiger partial charge in [-0.25, -0.2) is 0 Å². The summed E-state index contributed by atoms with van der Waals surface area (Å²) in [5, 5.41) is 15.6. The average molecular weight is 218 g/mol. The van der Waals surface area contributed by atoms with E-state index in [1.165, 1.54) is 12.3 Å². The van der Waals surface area contributed by atoms with Crippen molar-refractivity contribution in [1.29, 1.82) is 0 Å². The maximum Gasteiger partial charge on any atom is 0.273 e. The Labute approximate surface area is 91.7 Å². The van der Waals surface area contributed by atoms with Crippen LogP contribution in [-0.2, 0) is 6.54 Å². The maximum atomic E-state index is 11.5. The number of carbonyl (C=O) groups is 1. The molecule has 0 unspecified atom stereocenters. The molecule has 2 rings (SSSR count). The molecule has 0 saturated carbocycles. The summed E-state index contributed by atoms with van der Waals surface area (Å²) >= 11 is 0. The van der Waals surface area contributed by atoms with E-state index in [2.05, 4.69) is 15.0 Å². The molecule has 0 saturated heterocycles. The van der Waals surface area contributed by atoms with Gasteiger partial charge in [-0.1, -0.05) is 23.4 Å². The summed E-state index contributed by atoms with van der Waals surface area (Å²) in [4.78, 5) is 11.5. The number of phenols is 1. The molecule has 0 fully saturated rings. The highest BCUT2D eigenvalue weighted by Gasteiger charge is 2.08. The first-order valence-corrected chi connectivity index (χ1v) is 4.73. The van der Waals surface area contributed by atoms with Gasteiger partial charge in [0.1, 0.15) is 12.0 Å². The largest absolute Gasteiger partial charge is 0.508 e. The zero-order valence-electron chi connectivity index (χ0n) is 8.38. The monoisotopic (exact) mass is 218 g/mol. The van der Waals surface area contributed by atoms with Crippen molar-refractivity contribution in [3.63, 3.8) is 0 Å². The van der Waals surface area contributed by atoms with E-state index >= 15 is 0 Å². The maximum absolute atomic E-state index is 11.5. The van der Waals surface area contributed by atoms with Crippen molar-refractivity contribution < 1.29 is 14.4 Å². The number of para-hydroxylation sites is 1. The molecule has 0 atom stereocenters. The number of phenolic OH excluding ortho intramolecular Hbond substituents is 1. The molecule has 0 aliphatic carbocycles. The van der Waals surface area contributed by atoms with Gasteiger partial charge in [-0.05, 0) is 6.07 Å². The Morgan fingerprint density at radius 3 is 2.88 bits per heavy atom. The molecular formula is C11H10N2O3. The summed E-state index contributed by atoms with van der Waals surface area (Å²) in [7, 11) is 0. The third kappa shape index (κ3) is 2.20. The topological polar surface area (TPSA) is 75.4 Å². The average Bonchev–Trinajstić information content (AvgIpc) is 2.81. The van der Waals surface area contributed by atoms with Crippen LogP contribution in [0.25, 0.3) is 0 Å². The lowest BCUT2D eigenvalue weighted by molar-refractivity contribution is 0.0941. The number of amides is 1. The summed E-state index contributed by atoms with van der Waals surface area (Å²) in [6.45, 7) is 0.248. The molecule has 16 heavy (non-hydrogen) atoms. The minimum Gasteiger partial charge on any atom is -0.508 e. The molecule has 2 N–H and O–H groups in total. The van der Waals surface area contributed by atoms with Crippen LogP contribution in [0.15, 0.2) is 41.1 Å². The van der Waals surface area contributed by atoms with Gasteiger partial charge in [0.05, 0.1) is 0 Å². The molecule has 5 nitrogen and oxygen atoms in total. The molecule has 82 valence electrons. The minimum atomic E-state index is -0.336. The number of aromatic hydroxyl groups is 1. The summed E-state index contributed by atoms with van der Waals surface area (Å²) in [6, 6.07) is 8.28. The van der Waals surface area contributed by atoms with E-state index in [9.17, 15) is 9.90 Å². The fraction of sp³-hybridized carbons (Fsp3) is 0.0909. The number of nitrogens with zero attached hydrogens (tertiary/aromatic N) is 1. The van der Waals surface area contributed by atoms with E-state index in [-0.39, 0.29) is 23.9 Å². The van der Waals surface area contributed by atoms with Gasteiger partial charge in [-0.15, -0.1) is 0 Å². The third-order valence-electron chi connectivity index (χ3n) is 2.10. The van der Waals surface area contributed by atoms with Gasteiger partial charge >= 0.3 is 0 Å². The van der Waals surface area contributed by atoms with Crippen LogP contribution in [-0.4, -0.2) is 16.2 Å². The van der Waals surface area contributed by atoms with Crippen molar-refractivity contribution in [2.24, 2.45) is 0 Å². The Kier molecular flexibility index (Phi) is 2.86. The molecule has 1 heterocycles. The van der Waals surface area contributed by atoms with E-state index in [4.69, 9.17) is 0 Å². The van der Waals surface area contributed by atoms with Crippen molar-refractivity contribution in [2.75, 3.05) is 0 Å². The summed E-state index contributed by atoms with van der Waals surface area (Å²) < 4.78 is 4.55. The lowest BCUT2D eigenvalue weighted by Crippen LogP contribution is -2.23. The standard InChI is InChI=1S/C11H10N2O3/c14-10-4-2-1-3-8(10)7-12-11(15)9-5-6-16-13-9/h1-6,14H,7H2,(H,12,15). The lowest BCUT2D eigenvalue weighted by atomic mass is 10.2. The molecule has 0 radical (unpaired) electrons. The predicted molar refractivity (Wildman–Crippen MR) is 55.8 cm³/mol. The number of hydrogen-bond acceptors (Lipinski definition) is 4. The van der Waals surface area contributed by atoms with Crippen molar-refractivity contribution in [3.05, 3.63) is 47.9 Å². The number of aromatic nitrogens is 1. The summed E-state index contributed by atoms with van der Waals surface area (Å²) in [6.07, 6.45) is 1.33. The number of nitrogens with one attached hydrogen (secondary N) is 1. The summed E-state index contributed by atoms with van der Waals surface area (Å²) in [5.41, 5.74) is 0.870. The van der Waals surface area contributed by atoms with Crippen LogP contribution in [0.4, 0.5) is 0 Å². The van der Waals surface area contributed by atoms with Crippen LogP contribution in [0, 0.1) is 0 Å². The fourth-order valence-corrected chi connectivity index (χ4v) is 1.26. The summed E-state index contributed by atoms with van der Waals surface area (Å²) in [5.74, 6) is -0.181. The van der Waals surface area contributed by atoms with Gasteiger partial charge in [0, 0.05) is 18.2 Å². The molecule has 0 bridgehead atoms. The minimum absolute atomic E-state index is 0.156. The van der Waals surface area contributed by atoms with Gasteiger partial charge in [-0.3, -0.25) is 4.79 Å². The van der Waals surface area contributed by atoms with Crippen LogP contribution in [0.5, 0.6) is 5.75 Å². The number of rotatable bonds is 3. The van der Waals surface area contributed by atoms with Gasteiger partial charge in [0.15, 0.2) is 5.69 Å². The fourth-order valence-electron chi connectivity index (χ4n) is 1.26. The Morgan fingerprint density at radius 2 is 2.19 bits per heavy atom. The molecule has 0 aliphatic rings. The molecule has 1 aromatic heterocycles. The first-order chi connectivity index (χ1) is 7.77. The highest BCUT2D eigenvalue weighted by Crippen LogP contribution is 2.14. The van der Waals surface area contributed by atoms with Crippen LogP contribution in [0.2, 0.25) is 0 Å². The molecule has 2 aromatic rings. The van der Waals surface area contributed by atoms with E-state index in [1.54, 1.807) is 24.3 Å². The highest BCUT2D eigenvalue weighted by atomic mass is 16.5. The quantitative estimate of drug-likeness (QED) is 0.814. The molecule has 1 amide bonds. The van der Waals surface area contributed by atoms with Gasteiger partial charge in [0.2, 0.25) is 0 Å². The third-order valence-corrected chi connectivity index (χ3v) is 2.10. The predicted octanol–water partition coefficient (Wildman–Crippen LogP) is 1.31. The first-order valence-electron chi connectivity index (χ1n) is 4.73. The molecular weight excluding hydrogens is 208 g/mol. The highest BCUT2D eigenvalue weighted by molar-refractivity contribution is 5.91. The van der Waals surface area contributed by atoms with Crippen LogP contribution in [0.1, 0.15) is 16.1 Å². The second-order valence-electron chi connectivity index (χ2n) is 3.20. The number of benzene rings is 1. The number of carbonyl (C=O) groups excluding carboxylic acids is 1. The Hall–Kier alpha value is -2.30. The first kappa shape index (κ1) is 10.2. The zero-order chi connectivity index (χ0) is 11.4. The van der Waals surface area contributed by atoms with E-state index in [1.807, 2.05) is 0 Å². The Morgan fingerprint density at radius 1 is 1.38 bits per heavy atom. The van der Waals surface area contributed by atoms with Crippen molar-refractivity contribution in [3.8, 4) is 5.75 Å². The van der Waals surface area contributed by atoms with Crippen molar-refractivity contribution >= 4 is 5.91 Å². The van der Waals surface area contributed by atoms with Crippen LogP contribution < -0.4 is 5.32 Å². The van der Waals surface area contributed by atoms with E-state index in [0.717, 1.165) is 0 Å². The van der Waals surface area contributed by atoms with Gasteiger partial charge < -0.3 is 14.9 Å². The second-order valence-corrected chi connectivity index (χ2v) is 3.20.